The van der Waals surface area contributed by atoms with Crippen LogP contribution in [0.1, 0.15) is 45.9 Å². The quantitative estimate of drug-likeness (QED) is 0.689. The zero-order valence-corrected chi connectivity index (χ0v) is 16.7. The molecule has 0 bridgehead atoms. The van der Waals surface area contributed by atoms with Crippen LogP contribution in [-0.2, 0) is 27.3 Å². The Bertz CT molecular complexity index is 619. The fraction of sp³-hybridized carbons (Fsp3) is 0.737. The number of hydrogen-bond acceptors (Lipinski definition) is 5. The van der Waals surface area contributed by atoms with Gasteiger partial charge >= 0.3 is 5.97 Å². The number of carbonyl (C=O) groups excluding carboxylic acids is 2. The molecule has 1 aromatic rings. The van der Waals surface area contributed by atoms with Crippen LogP contribution in [0.5, 0.6) is 0 Å². The molecule has 1 aliphatic heterocycles. The summed E-state index contributed by atoms with van der Waals surface area (Å²) >= 11 is 0. The van der Waals surface area contributed by atoms with Gasteiger partial charge in [0.15, 0.2) is 0 Å². The molecule has 0 aliphatic carbocycles. The number of ether oxygens (including phenoxy) is 1. The molecule has 0 radical (unpaired) electrons. The van der Waals surface area contributed by atoms with Gasteiger partial charge in [-0.25, -0.2) is 4.98 Å². The molecule has 146 valence electrons. The summed E-state index contributed by atoms with van der Waals surface area (Å²) in [5, 5.41) is 0. The lowest BCUT2D eigenvalue weighted by Gasteiger charge is -2.20. The molecule has 2 heterocycles. The molecule has 0 spiro atoms. The maximum atomic E-state index is 12.4. The summed E-state index contributed by atoms with van der Waals surface area (Å²) < 4.78 is 7.27. The molecule has 7 nitrogen and oxygen atoms in total. The smallest absolute Gasteiger partial charge is 0.308 e. The molecule has 26 heavy (non-hydrogen) atoms. The molecule has 0 saturated carbocycles. The van der Waals surface area contributed by atoms with E-state index in [0.717, 1.165) is 25.3 Å². The third-order valence-corrected chi connectivity index (χ3v) is 4.59. The number of imidazole rings is 1. The van der Waals surface area contributed by atoms with E-state index in [9.17, 15) is 9.59 Å². The minimum Gasteiger partial charge on any atom is -0.460 e. The van der Waals surface area contributed by atoms with Gasteiger partial charge in [-0.1, -0.05) is 0 Å². The number of likely N-dealkylation sites (N-methyl/N-ethyl adjacent to an activating group) is 1. The highest BCUT2D eigenvalue weighted by atomic mass is 16.6. The minimum atomic E-state index is -0.471. The van der Waals surface area contributed by atoms with Crippen LogP contribution in [0.15, 0.2) is 12.4 Å². The zero-order valence-electron chi connectivity index (χ0n) is 16.7. The van der Waals surface area contributed by atoms with Gasteiger partial charge in [-0.15, -0.1) is 0 Å². The van der Waals surface area contributed by atoms with Gasteiger partial charge in [-0.2, -0.15) is 0 Å². The predicted molar refractivity (Wildman–Crippen MR) is 99.7 cm³/mol. The lowest BCUT2D eigenvalue weighted by atomic mass is 10.2. The van der Waals surface area contributed by atoms with Gasteiger partial charge in [-0.05, 0) is 41.3 Å². The number of esters is 1. The van der Waals surface area contributed by atoms with E-state index in [4.69, 9.17) is 4.74 Å². The summed E-state index contributed by atoms with van der Waals surface area (Å²) in [4.78, 5) is 32.8. The van der Waals surface area contributed by atoms with E-state index >= 15 is 0 Å². The molecule has 0 N–H and O–H groups in total. The van der Waals surface area contributed by atoms with Crippen molar-refractivity contribution >= 4 is 11.9 Å². The van der Waals surface area contributed by atoms with Crippen LogP contribution in [0.3, 0.4) is 0 Å². The van der Waals surface area contributed by atoms with Crippen LogP contribution < -0.4 is 0 Å². The highest BCUT2D eigenvalue weighted by Crippen LogP contribution is 2.15. The third kappa shape index (κ3) is 6.12. The number of nitrogens with zero attached hydrogens (tertiary/aromatic N) is 4. The Labute approximate surface area is 156 Å². The lowest BCUT2D eigenvalue weighted by molar-refractivity contribution is -0.155. The number of carbonyl (C=O) groups is 2. The van der Waals surface area contributed by atoms with Crippen LogP contribution in [0.25, 0.3) is 0 Å². The van der Waals surface area contributed by atoms with Crippen LogP contribution in [0.2, 0.25) is 0 Å². The molecule has 1 aromatic heterocycles. The molecule has 0 aromatic carbocycles. The highest BCUT2D eigenvalue weighted by molar-refractivity contribution is 5.76. The van der Waals surface area contributed by atoms with E-state index in [1.165, 1.54) is 0 Å². The second-order valence-corrected chi connectivity index (χ2v) is 8.12. The average molecular weight is 364 g/mol. The molecule has 1 amide bonds. The molecular formula is C19H32N4O3. The van der Waals surface area contributed by atoms with Crippen molar-refractivity contribution < 1.29 is 14.3 Å². The Morgan fingerprint density at radius 1 is 1.31 bits per heavy atom. The minimum absolute atomic E-state index is 0.177. The second-order valence-electron chi connectivity index (χ2n) is 8.12. The van der Waals surface area contributed by atoms with Crippen molar-refractivity contribution in [3.05, 3.63) is 18.2 Å². The van der Waals surface area contributed by atoms with Gasteiger partial charge in [0.25, 0.3) is 0 Å². The predicted octanol–water partition coefficient (Wildman–Crippen LogP) is 1.71. The molecule has 1 aliphatic rings. The average Bonchev–Trinajstić information content (AvgIpc) is 3.18. The Morgan fingerprint density at radius 2 is 2.04 bits per heavy atom. The van der Waals surface area contributed by atoms with E-state index in [0.29, 0.717) is 31.8 Å². The van der Waals surface area contributed by atoms with E-state index in [2.05, 4.69) is 24.0 Å². The fourth-order valence-electron chi connectivity index (χ4n) is 3.14. The summed E-state index contributed by atoms with van der Waals surface area (Å²) in [7, 11) is 4.11. The van der Waals surface area contributed by atoms with Crippen LogP contribution in [0.4, 0.5) is 0 Å². The Balaban J connectivity index is 1.80. The van der Waals surface area contributed by atoms with Gasteiger partial charge in [-0.3, -0.25) is 9.59 Å². The Morgan fingerprint density at radius 3 is 2.65 bits per heavy atom. The first kappa shape index (κ1) is 20.4. The first-order valence-corrected chi connectivity index (χ1v) is 9.32. The van der Waals surface area contributed by atoms with E-state index in [1.807, 2.05) is 36.4 Å². The number of aromatic nitrogens is 2. The van der Waals surface area contributed by atoms with Crippen molar-refractivity contribution in [1.82, 2.24) is 19.4 Å². The van der Waals surface area contributed by atoms with Crippen molar-refractivity contribution in [3.63, 3.8) is 0 Å². The van der Waals surface area contributed by atoms with Crippen LogP contribution in [-0.4, -0.2) is 70.1 Å². The van der Waals surface area contributed by atoms with Gasteiger partial charge in [0, 0.05) is 50.9 Å². The summed E-state index contributed by atoms with van der Waals surface area (Å²) in [6, 6.07) is 0.453. The maximum Gasteiger partial charge on any atom is 0.308 e. The SMILES string of the molecule is CN(C)[C@H]1CCN(C(=O)CCc2nccn2CCC(=O)OC(C)(C)C)C1. The number of hydrogen-bond donors (Lipinski definition) is 0. The van der Waals surface area contributed by atoms with Crippen molar-refractivity contribution in [2.45, 2.75) is 64.6 Å². The van der Waals surface area contributed by atoms with Crippen molar-refractivity contribution in [2.24, 2.45) is 0 Å². The normalized spacial score (nSPS) is 17.8. The van der Waals surface area contributed by atoms with Crippen molar-refractivity contribution in [2.75, 3.05) is 27.2 Å². The lowest BCUT2D eigenvalue weighted by Crippen LogP contribution is -2.34. The number of amides is 1. The summed E-state index contributed by atoms with van der Waals surface area (Å²) in [5.74, 6) is 0.793. The summed E-state index contributed by atoms with van der Waals surface area (Å²) in [6.07, 6.45) is 5.93. The zero-order chi connectivity index (χ0) is 19.3. The van der Waals surface area contributed by atoms with E-state index < -0.39 is 5.60 Å². The molecule has 1 saturated heterocycles. The Kier molecular flexibility index (Phi) is 6.81. The highest BCUT2D eigenvalue weighted by Gasteiger charge is 2.27. The van der Waals surface area contributed by atoms with Crippen LogP contribution >= 0.6 is 0 Å². The molecule has 0 unspecified atom stereocenters. The van der Waals surface area contributed by atoms with Crippen molar-refractivity contribution in [1.29, 1.82) is 0 Å². The van der Waals surface area contributed by atoms with Gasteiger partial charge < -0.3 is 19.1 Å². The largest absolute Gasteiger partial charge is 0.460 e. The Hall–Kier alpha value is -1.89. The molecule has 1 atom stereocenters. The van der Waals surface area contributed by atoms with Gasteiger partial charge in [0.05, 0.1) is 6.42 Å². The van der Waals surface area contributed by atoms with Gasteiger partial charge in [0.2, 0.25) is 5.91 Å². The van der Waals surface area contributed by atoms with Crippen molar-refractivity contribution in [3.8, 4) is 0 Å². The standard InChI is InChI=1S/C19H32N4O3/c1-19(2,3)26-18(25)9-12-22-13-10-20-16(22)6-7-17(24)23-11-8-15(14-23)21(4)5/h10,13,15H,6-9,11-12,14H2,1-5H3/t15-/m0/s1. The second kappa shape index (κ2) is 8.66. The molecule has 7 heteroatoms. The third-order valence-electron chi connectivity index (χ3n) is 4.59. The molecule has 1 fully saturated rings. The first-order chi connectivity index (χ1) is 12.2. The number of rotatable bonds is 7. The van der Waals surface area contributed by atoms with Gasteiger partial charge in [0.1, 0.15) is 11.4 Å². The monoisotopic (exact) mass is 364 g/mol. The van der Waals surface area contributed by atoms with E-state index in [1.54, 1.807) is 6.20 Å². The fourth-order valence-corrected chi connectivity index (χ4v) is 3.14. The van der Waals surface area contributed by atoms with Crippen LogP contribution in [0, 0.1) is 0 Å². The topological polar surface area (TPSA) is 67.7 Å². The number of aryl methyl sites for hydroxylation is 2. The van der Waals surface area contributed by atoms with E-state index in [-0.39, 0.29) is 11.9 Å². The molecular weight excluding hydrogens is 332 g/mol. The summed E-state index contributed by atoms with van der Waals surface area (Å²) in [6.45, 7) is 7.73. The summed E-state index contributed by atoms with van der Waals surface area (Å²) in [5.41, 5.74) is -0.471. The first-order valence-electron chi connectivity index (χ1n) is 9.32. The number of likely N-dealkylation sites (tertiary alicyclic amines) is 1. The maximum absolute atomic E-state index is 12.4. The molecule has 2 rings (SSSR count).